The van der Waals surface area contributed by atoms with Crippen LogP contribution in [0, 0.1) is 12.8 Å². The zero-order valence-electron chi connectivity index (χ0n) is 17.8. The summed E-state index contributed by atoms with van der Waals surface area (Å²) in [5.74, 6) is -0.0966. The molecule has 1 fully saturated rings. The minimum Gasteiger partial charge on any atom is -0.342 e. The summed E-state index contributed by atoms with van der Waals surface area (Å²) in [6.45, 7) is 2.98. The van der Waals surface area contributed by atoms with Gasteiger partial charge in [-0.15, -0.1) is 0 Å². The molecular formula is C23H25N5O4. The molecule has 3 aromatic rings. The molecule has 0 spiro atoms. The number of benzene rings is 1. The van der Waals surface area contributed by atoms with E-state index in [2.05, 4.69) is 15.3 Å². The number of pyridine rings is 1. The molecule has 1 saturated heterocycles. The number of nitrogens with one attached hydrogen (secondary N) is 2. The van der Waals surface area contributed by atoms with E-state index in [4.69, 9.17) is 0 Å². The number of carbonyl (C=O) groups is 2. The number of fused-ring (bicyclic) bond motifs is 1. The average molecular weight is 435 g/mol. The van der Waals surface area contributed by atoms with E-state index in [1.54, 1.807) is 41.4 Å². The highest BCUT2D eigenvalue weighted by atomic mass is 16.2. The number of aromatic amines is 1. The van der Waals surface area contributed by atoms with Crippen molar-refractivity contribution in [3.8, 4) is 0 Å². The van der Waals surface area contributed by atoms with Crippen molar-refractivity contribution < 1.29 is 9.59 Å². The predicted octanol–water partition coefficient (Wildman–Crippen LogP) is 1.66. The van der Waals surface area contributed by atoms with Crippen LogP contribution in [0.5, 0.6) is 0 Å². The molecule has 1 aromatic carbocycles. The number of H-pyrrole nitrogens is 1. The third kappa shape index (κ3) is 4.61. The van der Waals surface area contributed by atoms with Gasteiger partial charge in [-0.1, -0.05) is 18.2 Å². The molecule has 0 radical (unpaired) electrons. The molecule has 0 saturated carbocycles. The van der Waals surface area contributed by atoms with Gasteiger partial charge >= 0.3 is 5.69 Å². The molecular weight excluding hydrogens is 410 g/mol. The fourth-order valence-electron chi connectivity index (χ4n) is 4.02. The summed E-state index contributed by atoms with van der Waals surface area (Å²) in [7, 11) is 0. The molecule has 32 heavy (non-hydrogen) atoms. The number of hydrogen-bond acceptors (Lipinski definition) is 5. The van der Waals surface area contributed by atoms with Crippen molar-refractivity contribution in [2.24, 2.45) is 5.92 Å². The number of piperidine rings is 1. The molecule has 1 aliphatic rings. The maximum Gasteiger partial charge on any atom is 0.328 e. The minimum atomic E-state index is -0.539. The monoisotopic (exact) mass is 435 g/mol. The Morgan fingerprint density at radius 3 is 2.78 bits per heavy atom. The third-order valence-corrected chi connectivity index (χ3v) is 5.76. The number of amides is 2. The van der Waals surface area contributed by atoms with Gasteiger partial charge < -0.3 is 10.2 Å². The standard InChI is InChI=1S/C23H25N5O4/c1-15-8-9-19(24-13-15)25-21(30)16-5-4-11-27(14-16)20(29)10-12-28-18-7-3-2-6-17(18)22(31)26-23(28)32/h2-3,6-9,13,16H,4-5,10-12,14H2,1H3,(H,24,25,30)(H,26,31,32). The summed E-state index contributed by atoms with van der Waals surface area (Å²) < 4.78 is 1.41. The Hall–Kier alpha value is -3.75. The number of aromatic nitrogens is 3. The molecule has 166 valence electrons. The Kier molecular flexibility index (Phi) is 6.16. The number of carbonyl (C=O) groups excluding carboxylic acids is 2. The lowest BCUT2D eigenvalue weighted by Gasteiger charge is -2.32. The summed E-state index contributed by atoms with van der Waals surface area (Å²) in [4.78, 5) is 58.0. The van der Waals surface area contributed by atoms with Gasteiger partial charge in [0, 0.05) is 32.3 Å². The van der Waals surface area contributed by atoms with Crippen molar-refractivity contribution in [2.75, 3.05) is 18.4 Å². The smallest absolute Gasteiger partial charge is 0.328 e. The zero-order chi connectivity index (χ0) is 22.7. The average Bonchev–Trinajstić information content (AvgIpc) is 2.80. The second-order valence-electron chi connectivity index (χ2n) is 8.07. The molecule has 2 N–H and O–H groups in total. The van der Waals surface area contributed by atoms with Crippen LogP contribution >= 0.6 is 0 Å². The summed E-state index contributed by atoms with van der Waals surface area (Å²) in [5.41, 5.74) is 0.520. The number of nitrogens with zero attached hydrogens (tertiary/aromatic N) is 3. The Morgan fingerprint density at radius 1 is 1.19 bits per heavy atom. The van der Waals surface area contributed by atoms with Crippen LogP contribution in [0.1, 0.15) is 24.8 Å². The Bertz CT molecular complexity index is 1260. The van der Waals surface area contributed by atoms with Crippen LogP contribution in [0.2, 0.25) is 0 Å². The van der Waals surface area contributed by atoms with Crippen LogP contribution in [0.3, 0.4) is 0 Å². The normalized spacial score (nSPS) is 16.2. The lowest BCUT2D eigenvalue weighted by molar-refractivity contribution is -0.134. The Morgan fingerprint density at radius 2 is 2.00 bits per heavy atom. The maximum absolute atomic E-state index is 12.8. The first kappa shape index (κ1) is 21.5. The second kappa shape index (κ2) is 9.17. The highest BCUT2D eigenvalue weighted by Gasteiger charge is 2.28. The van der Waals surface area contributed by atoms with Crippen molar-refractivity contribution >= 4 is 28.5 Å². The SMILES string of the molecule is Cc1ccc(NC(=O)C2CCCN(C(=O)CCn3c(=O)[nH]c(=O)c4ccccc43)C2)nc1. The van der Waals surface area contributed by atoms with E-state index in [0.29, 0.717) is 36.2 Å². The van der Waals surface area contributed by atoms with Gasteiger partial charge in [-0.2, -0.15) is 0 Å². The van der Waals surface area contributed by atoms with E-state index in [9.17, 15) is 19.2 Å². The van der Waals surface area contributed by atoms with Crippen LogP contribution in [-0.4, -0.2) is 44.3 Å². The number of anilines is 1. The second-order valence-corrected chi connectivity index (χ2v) is 8.07. The van der Waals surface area contributed by atoms with Crippen molar-refractivity contribution in [1.29, 1.82) is 0 Å². The number of hydrogen-bond donors (Lipinski definition) is 2. The maximum atomic E-state index is 12.8. The third-order valence-electron chi connectivity index (χ3n) is 5.76. The van der Waals surface area contributed by atoms with E-state index < -0.39 is 11.2 Å². The van der Waals surface area contributed by atoms with E-state index in [0.717, 1.165) is 12.0 Å². The molecule has 1 unspecified atom stereocenters. The fraction of sp³-hybridized carbons (Fsp3) is 0.348. The Balaban J connectivity index is 1.40. The molecule has 0 bridgehead atoms. The molecule has 2 aromatic heterocycles. The van der Waals surface area contributed by atoms with Crippen molar-refractivity contribution in [3.05, 3.63) is 69.0 Å². The first-order valence-electron chi connectivity index (χ1n) is 10.7. The van der Waals surface area contributed by atoms with Crippen LogP contribution in [0.15, 0.2) is 52.2 Å². The number of aryl methyl sites for hydroxylation is 2. The zero-order valence-corrected chi connectivity index (χ0v) is 17.8. The summed E-state index contributed by atoms with van der Waals surface area (Å²) in [6.07, 6.45) is 3.22. The van der Waals surface area contributed by atoms with Gasteiger partial charge in [-0.3, -0.25) is 23.9 Å². The highest BCUT2D eigenvalue weighted by Crippen LogP contribution is 2.19. The topological polar surface area (TPSA) is 117 Å². The Labute approximate surface area is 184 Å². The fourth-order valence-corrected chi connectivity index (χ4v) is 4.02. The van der Waals surface area contributed by atoms with E-state index >= 15 is 0 Å². The molecule has 2 amide bonds. The first-order chi connectivity index (χ1) is 15.4. The molecule has 0 aliphatic carbocycles. The van der Waals surface area contributed by atoms with Crippen LogP contribution in [-0.2, 0) is 16.1 Å². The van der Waals surface area contributed by atoms with Gasteiger partial charge in [0.25, 0.3) is 5.56 Å². The lowest BCUT2D eigenvalue weighted by atomic mass is 9.97. The minimum absolute atomic E-state index is 0.101. The molecule has 1 atom stereocenters. The quantitative estimate of drug-likeness (QED) is 0.632. The van der Waals surface area contributed by atoms with E-state index in [1.165, 1.54) is 4.57 Å². The number of para-hydroxylation sites is 1. The van der Waals surface area contributed by atoms with Crippen molar-refractivity contribution in [1.82, 2.24) is 19.4 Å². The first-order valence-corrected chi connectivity index (χ1v) is 10.7. The van der Waals surface area contributed by atoms with Crippen molar-refractivity contribution in [2.45, 2.75) is 32.7 Å². The van der Waals surface area contributed by atoms with E-state index in [-0.39, 0.29) is 30.7 Å². The van der Waals surface area contributed by atoms with Crippen LogP contribution in [0.25, 0.3) is 10.9 Å². The molecule has 1 aliphatic heterocycles. The molecule has 4 rings (SSSR count). The molecule has 3 heterocycles. The van der Waals surface area contributed by atoms with Gasteiger partial charge in [0.05, 0.1) is 16.8 Å². The van der Waals surface area contributed by atoms with Gasteiger partial charge in [-0.05, 0) is 43.5 Å². The van der Waals surface area contributed by atoms with Crippen LogP contribution in [0.4, 0.5) is 5.82 Å². The van der Waals surface area contributed by atoms with Crippen molar-refractivity contribution in [3.63, 3.8) is 0 Å². The summed E-state index contributed by atoms with van der Waals surface area (Å²) in [5, 5.41) is 3.22. The molecule has 9 nitrogen and oxygen atoms in total. The number of likely N-dealkylation sites (tertiary alicyclic amines) is 1. The van der Waals surface area contributed by atoms with Gasteiger partial charge in [-0.25, -0.2) is 9.78 Å². The van der Waals surface area contributed by atoms with Crippen LogP contribution < -0.4 is 16.6 Å². The van der Waals surface area contributed by atoms with Gasteiger partial charge in [0.15, 0.2) is 0 Å². The number of rotatable bonds is 5. The summed E-state index contributed by atoms with van der Waals surface area (Å²) in [6, 6.07) is 10.4. The van der Waals surface area contributed by atoms with E-state index in [1.807, 2.05) is 13.0 Å². The van der Waals surface area contributed by atoms with Gasteiger partial charge in [0.1, 0.15) is 5.82 Å². The van der Waals surface area contributed by atoms with Gasteiger partial charge in [0.2, 0.25) is 11.8 Å². The largest absolute Gasteiger partial charge is 0.342 e. The lowest BCUT2D eigenvalue weighted by Crippen LogP contribution is -2.44. The highest BCUT2D eigenvalue weighted by molar-refractivity contribution is 5.92. The summed E-state index contributed by atoms with van der Waals surface area (Å²) >= 11 is 0. The molecule has 9 heteroatoms. The predicted molar refractivity (Wildman–Crippen MR) is 120 cm³/mol.